The summed E-state index contributed by atoms with van der Waals surface area (Å²) in [6.07, 6.45) is 11.5. The number of methoxy groups -OCH3 is 2. The van der Waals surface area contributed by atoms with Gasteiger partial charge in [-0.2, -0.15) is 0 Å². The zero-order chi connectivity index (χ0) is 17.5. The molecule has 0 aliphatic carbocycles. The quantitative estimate of drug-likeness (QED) is 0.319. The van der Waals surface area contributed by atoms with Gasteiger partial charge in [-0.3, -0.25) is 9.59 Å². The van der Waals surface area contributed by atoms with Gasteiger partial charge in [-0.25, -0.2) is 0 Å². The minimum Gasteiger partial charge on any atom is -0.469 e. The van der Waals surface area contributed by atoms with Crippen LogP contribution in [-0.2, 0) is 19.1 Å². The number of allylic oxidation sites excluding steroid dienone is 2. The van der Waals surface area contributed by atoms with E-state index >= 15 is 0 Å². The van der Waals surface area contributed by atoms with Crippen molar-refractivity contribution < 1.29 is 24.2 Å². The first kappa shape index (κ1) is 21.6. The second-order valence-electron chi connectivity index (χ2n) is 5.76. The van der Waals surface area contributed by atoms with Gasteiger partial charge in [0, 0.05) is 0 Å². The highest BCUT2D eigenvalue weighted by Gasteiger charge is 2.21. The first-order chi connectivity index (χ1) is 11.0. The Labute approximate surface area is 140 Å². The molecule has 5 heteroatoms. The summed E-state index contributed by atoms with van der Waals surface area (Å²) in [5.41, 5.74) is 0. The lowest BCUT2D eigenvalue weighted by Crippen LogP contribution is -2.20. The number of carbonyl (C=O) groups is 2. The molecule has 0 aromatic carbocycles. The van der Waals surface area contributed by atoms with Crippen molar-refractivity contribution in [1.82, 2.24) is 0 Å². The number of ether oxygens (including phenoxy) is 2. The minimum atomic E-state index is -0.473. The lowest BCUT2D eigenvalue weighted by molar-refractivity contribution is -0.151. The van der Waals surface area contributed by atoms with Crippen molar-refractivity contribution in [3.63, 3.8) is 0 Å². The number of carbonyl (C=O) groups excluding carboxylic acids is 2. The van der Waals surface area contributed by atoms with Crippen LogP contribution in [0.1, 0.15) is 64.7 Å². The van der Waals surface area contributed by atoms with Gasteiger partial charge < -0.3 is 14.6 Å². The fraction of sp³-hybridized carbons (Fsp3) is 0.778. The summed E-state index contributed by atoms with van der Waals surface area (Å²) in [6, 6.07) is 0. The van der Waals surface area contributed by atoms with E-state index in [1.165, 1.54) is 14.2 Å². The summed E-state index contributed by atoms with van der Waals surface area (Å²) in [5, 5.41) is 9.45. The Morgan fingerprint density at radius 1 is 1.04 bits per heavy atom. The van der Waals surface area contributed by atoms with Crippen LogP contribution < -0.4 is 0 Å². The van der Waals surface area contributed by atoms with E-state index in [4.69, 9.17) is 4.74 Å². The van der Waals surface area contributed by atoms with Gasteiger partial charge in [0.25, 0.3) is 0 Å². The van der Waals surface area contributed by atoms with Crippen molar-refractivity contribution in [2.45, 2.75) is 70.8 Å². The first-order valence-electron chi connectivity index (χ1n) is 8.52. The standard InChI is InChI=1S/C18H32O5/c1-4-16(19)13-11-9-7-5-6-8-10-12-15(18(21)23-3)14-17(20)22-2/h8,10,15-16,19H,4-7,9,11-14H2,1-3H3. The number of aliphatic hydroxyl groups excluding tert-OH is 1. The third kappa shape index (κ3) is 11.8. The molecule has 0 aromatic rings. The molecule has 0 radical (unpaired) electrons. The summed E-state index contributed by atoms with van der Waals surface area (Å²) in [5.74, 6) is -1.25. The molecule has 0 saturated carbocycles. The number of esters is 2. The Balaban J connectivity index is 3.83. The van der Waals surface area contributed by atoms with Crippen molar-refractivity contribution in [3.05, 3.63) is 12.2 Å². The predicted octanol–water partition coefficient (Wildman–Crippen LogP) is 3.40. The monoisotopic (exact) mass is 328 g/mol. The lowest BCUT2D eigenvalue weighted by Gasteiger charge is -2.10. The minimum absolute atomic E-state index is 0.0489. The van der Waals surface area contributed by atoms with Crippen molar-refractivity contribution in [2.75, 3.05) is 14.2 Å². The molecule has 0 fully saturated rings. The van der Waals surface area contributed by atoms with E-state index in [0.29, 0.717) is 6.42 Å². The second kappa shape index (κ2) is 14.2. The van der Waals surface area contributed by atoms with Gasteiger partial charge in [-0.1, -0.05) is 38.3 Å². The van der Waals surface area contributed by atoms with Crippen molar-refractivity contribution in [3.8, 4) is 0 Å². The highest BCUT2D eigenvalue weighted by atomic mass is 16.5. The number of unbranched alkanes of at least 4 members (excludes halogenated alkanes) is 4. The van der Waals surface area contributed by atoms with Gasteiger partial charge in [-0.05, 0) is 32.1 Å². The maximum atomic E-state index is 11.6. The van der Waals surface area contributed by atoms with E-state index in [0.717, 1.165) is 44.9 Å². The molecule has 2 unspecified atom stereocenters. The van der Waals surface area contributed by atoms with E-state index in [1.54, 1.807) is 0 Å². The topological polar surface area (TPSA) is 72.8 Å². The Morgan fingerprint density at radius 3 is 2.35 bits per heavy atom. The second-order valence-corrected chi connectivity index (χ2v) is 5.76. The first-order valence-corrected chi connectivity index (χ1v) is 8.52. The van der Waals surface area contributed by atoms with Crippen LogP contribution in [0.25, 0.3) is 0 Å². The van der Waals surface area contributed by atoms with Gasteiger partial charge in [-0.15, -0.1) is 0 Å². The van der Waals surface area contributed by atoms with Crippen LogP contribution in [-0.4, -0.2) is 37.4 Å². The van der Waals surface area contributed by atoms with Crippen LogP contribution in [0.15, 0.2) is 12.2 Å². The van der Waals surface area contributed by atoms with Crippen LogP contribution in [0.5, 0.6) is 0 Å². The lowest BCUT2D eigenvalue weighted by atomic mass is 10.0. The van der Waals surface area contributed by atoms with Gasteiger partial charge >= 0.3 is 11.9 Å². The molecule has 2 atom stereocenters. The molecule has 0 amide bonds. The average molecular weight is 328 g/mol. The zero-order valence-corrected chi connectivity index (χ0v) is 14.8. The normalized spacial score (nSPS) is 13.7. The highest BCUT2D eigenvalue weighted by Crippen LogP contribution is 2.14. The number of hydrogen-bond acceptors (Lipinski definition) is 5. The molecule has 0 rings (SSSR count). The molecule has 23 heavy (non-hydrogen) atoms. The predicted molar refractivity (Wildman–Crippen MR) is 89.9 cm³/mol. The van der Waals surface area contributed by atoms with Crippen LogP contribution in [0, 0.1) is 5.92 Å². The number of rotatable bonds is 13. The Morgan fingerprint density at radius 2 is 1.74 bits per heavy atom. The summed E-state index contributed by atoms with van der Waals surface area (Å²) < 4.78 is 9.30. The van der Waals surface area contributed by atoms with E-state index in [2.05, 4.69) is 4.74 Å². The SMILES string of the molecule is CCC(O)CCCCCCC=CCC(CC(=O)OC)C(=O)OC. The molecule has 0 heterocycles. The Bertz CT molecular complexity index is 351. The maximum Gasteiger partial charge on any atom is 0.309 e. The van der Waals surface area contributed by atoms with Crippen molar-refractivity contribution in [2.24, 2.45) is 5.92 Å². The Hall–Kier alpha value is -1.36. The average Bonchev–Trinajstić information content (AvgIpc) is 2.57. The molecule has 0 aliphatic rings. The third-order valence-corrected chi connectivity index (χ3v) is 3.89. The third-order valence-electron chi connectivity index (χ3n) is 3.89. The van der Waals surface area contributed by atoms with Gasteiger partial charge in [0.1, 0.15) is 0 Å². The molecule has 0 aliphatic heterocycles. The summed E-state index contributed by atoms with van der Waals surface area (Å²) in [7, 11) is 2.64. The molecule has 0 saturated heterocycles. The van der Waals surface area contributed by atoms with Gasteiger partial charge in [0.15, 0.2) is 0 Å². The smallest absolute Gasteiger partial charge is 0.309 e. The molecule has 0 spiro atoms. The fourth-order valence-corrected chi connectivity index (χ4v) is 2.29. The summed E-state index contributed by atoms with van der Waals surface area (Å²) >= 11 is 0. The maximum absolute atomic E-state index is 11.6. The van der Waals surface area contributed by atoms with E-state index in [-0.39, 0.29) is 18.5 Å². The number of hydrogen-bond donors (Lipinski definition) is 1. The molecular formula is C18H32O5. The summed E-state index contributed by atoms with van der Waals surface area (Å²) in [6.45, 7) is 2.00. The largest absolute Gasteiger partial charge is 0.469 e. The number of aliphatic hydroxyl groups is 1. The highest BCUT2D eigenvalue weighted by molar-refractivity contribution is 5.79. The zero-order valence-electron chi connectivity index (χ0n) is 14.8. The molecule has 5 nitrogen and oxygen atoms in total. The van der Waals surface area contributed by atoms with Crippen LogP contribution in [0.2, 0.25) is 0 Å². The van der Waals surface area contributed by atoms with E-state index < -0.39 is 11.9 Å². The van der Waals surface area contributed by atoms with Crippen molar-refractivity contribution >= 4 is 11.9 Å². The fourth-order valence-electron chi connectivity index (χ4n) is 2.29. The molecular weight excluding hydrogens is 296 g/mol. The molecule has 1 N–H and O–H groups in total. The van der Waals surface area contributed by atoms with E-state index in [1.807, 2.05) is 19.1 Å². The van der Waals surface area contributed by atoms with Crippen LogP contribution in [0.4, 0.5) is 0 Å². The van der Waals surface area contributed by atoms with Gasteiger partial charge in [0.05, 0.1) is 32.7 Å². The van der Waals surface area contributed by atoms with Crippen LogP contribution in [0.3, 0.4) is 0 Å². The van der Waals surface area contributed by atoms with Gasteiger partial charge in [0.2, 0.25) is 0 Å². The molecule has 0 bridgehead atoms. The van der Waals surface area contributed by atoms with E-state index in [9.17, 15) is 14.7 Å². The summed E-state index contributed by atoms with van der Waals surface area (Å²) in [4.78, 5) is 22.9. The molecule has 0 aromatic heterocycles. The Kier molecular flexibility index (Phi) is 13.4. The van der Waals surface area contributed by atoms with Crippen molar-refractivity contribution in [1.29, 1.82) is 0 Å². The van der Waals surface area contributed by atoms with Crippen LogP contribution >= 0.6 is 0 Å². The molecule has 134 valence electrons.